The molecule has 22 heavy (non-hydrogen) atoms. The molecule has 1 N–H and O–H groups in total. The van der Waals surface area contributed by atoms with E-state index in [4.69, 9.17) is 4.74 Å². The third kappa shape index (κ3) is 3.22. The van der Waals surface area contributed by atoms with Gasteiger partial charge in [0.05, 0.1) is 37.8 Å². The topological polar surface area (TPSA) is 85.2 Å². The number of imidazole rings is 1. The number of nitrogens with zero attached hydrogens (tertiary/aromatic N) is 5. The Kier molecular flexibility index (Phi) is 4.29. The van der Waals surface area contributed by atoms with Crippen LogP contribution in [0.15, 0.2) is 31.1 Å². The molecule has 0 unspecified atom stereocenters. The molecule has 0 aromatic carbocycles. The van der Waals surface area contributed by atoms with Crippen LogP contribution in [0.5, 0.6) is 0 Å². The van der Waals surface area contributed by atoms with Crippen molar-refractivity contribution < 1.29 is 9.53 Å². The van der Waals surface area contributed by atoms with Crippen LogP contribution in [0.25, 0.3) is 0 Å². The van der Waals surface area contributed by atoms with Gasteiger partial charge in [-0.25, -0.2) is 15.0 Å². The van der Waals surface area contributed by atoms with Crippen molar-refractivity contribution in [3.8, 4) is 0 Å². The van der Waals surface area contributed by atoms with Gasteiger partial charge in [0.15, 0.2) is 6.10 Å². The van der Waals surface area contributed by atoms with Crippen LogP contribution < -0.4 is 10.2 Å². The first kappa shape index (κ1) is 14.5. The average molecular weight is 302 g/mol. The highest BCUT2D eigenvalue weighted by molar-refractivity contribution is 5.81. The molecule has 8 nitrogen and oxygen atoms in total. The van der Waals surface area contributed by atoms with Crippen molar-refractivity contribution in [2.45, 2.75) is 12.6 Å². The first-order valence-corrected chi connectivity index (χ1v) is 7.09. The molecule has 8 heteroatoms. The van der Waals surface area contributed by atoms with E-state index in [1.165, 1.54) is 6.33 Å². The van der Waals surface area contributed by atoms with Crippen LogP contribution >= 0.6 is 0 Å². The SMILES string of the molecule is Cn1ccnc1CNC(=O)[C@@H]1CN(c2cncnc2)CCO1. The maximum Gasteiger partial charge on any atom is 0.251 e. The maximum atomic E-state index is 12.3. The molecule has 0 aliphatic carbocycles. The van der Waals surface area contributed by atoms with E-state index >= 15 is 0 Å². The Bertz CT molecular complexity index is 629. The van der Waals surface area contributed by atoms with E-state index in [0.717, 1.165) is 18.1 Å². The van der Waals surface area contributed by atoms with Crippen molar-refractivity contribution in [2.75, 3.05) is 24.6 Å². The van der Waals surface area contributed by atoms with Crippen molar-refractivity contribution in [1.29, 1.82) is 0 Å². The van der Waals surface area contributed by atoms with Crippen LogP contribution in [0.1, 0.15) is 5.82 Å². The average Bonchev–Trinajstić information content (AvgIpc) is 2.99. The second-order valence-corrected chi connectivity index (χ2v) is 5.07. The molecule has 1 fully saturated rings. The Morgan fingerprint density at radius 3 is 3.00 bits per heavy atom. The van der Waals surface area contributed by atoms with Gasteiger partial charge in [0.2, 0.25) is 0 Å². The lowest BCUT2D eigenvalue weighted by Crippen LogP contribution is -2.50. The van der Waals surface area contributed by atoms with Crippen molar-refractivity contribution in [1.82, 2.24) is 24.8 Å². The molecule has 1 atom stereocenters. The number of aromatic nitrogens is 4. The molecule has 3 rings (SSSR count). The molecule has 0 radical (unpaired) electrons. The standard InChI is InChI=1S/C14H18N6O2/c1-19-3-2-17-13(19)8-18-14(21)12-9-20(4-5-22-12)11-6-15-10-16-7-11/h2-3,6-7,10,12H,4-5,8-9H2,1H3,(H,18,21)/t12-/m0/s1. The Balaban J connectivity index is 1.57. The van der Waals surface area contributed by atoms with Crippen molar-refractivity contribution >= 4 is 11.6 Å². The summed E-state index contributed by atoms with van der Waals surface area (Å²) in [6.07, 6.45) is 8.00. The second kappa shape index (κ2) is 6.52. The summed E-state index contributed by atoms with van der Waals surface area (Å²) in [5, 5.41) is 2.86. The number of rotatable bonds is 4. The number of hydrogen-bond donors (Lipinski definition) is 1. The quantitative estimate of drug-likeness (QED) is 0.837. The minimum atomic E-state index is -0.505. The summed E-state index contributed by atoms with van der Waals surface area (Å²) in [5.41, 5.74) is 0.896. The van der Waals surface area contributed by atoms with Crippen molar-refractivity contribution in [2.24, 2.45) is 7.05 Å². The summed E-state index contributed by atoms with van der Waals surface area (Å²) in [5.74, 6) is 0.669. The third-order valence-electron chi connectivity index (χ3n) is 3.61. The minimum absolute atomic E-state index is 0.135. The molecule has 0 bridgehead atoms. The predicted molar refractivity (Wildman–Crippen MR) is 79.0 cm³/mol. The van der Waals surface area contributed by atoms with E-state index in [9.17, 15) is 4.79 Å². The molecular weight excluding hydrogens is 284 g/mol. The normalized spacial score (nSPS) is 18.2. The van der Waals surface area contributed by atoms with Crippen LogP contribution in [-0.2, 0) is 23.1 Å². The van der Waals surface area contributed by atoms with Crippen LogP contribution in [0.3, 0.4) is 0 Å². The smallest absolute Gasteiger partial charge is 0.251 e. The third-order valence-corrected chi connectivity index (χ3v) is 3.61. The molecule has 1 aliphatic rings. The van der Waals surface area contributed by atoms with Gasteiger partial charge in [0.25, 0.3) is 5.91 Å². The molecule has 2 aromatic heterocycles. The van der Waals surface area contributed by atoms with E-state index < -0.39 is 6.10 Å². The highest BCUT2D eigenvalue weighted by Gasteiger charge is 2.27. The van der Waals surface area contributed by atoms with Crippen molar-refractivity contribution in [3.05, 3.63) is 36.9 Å². The van der Waals surface area contributed by atoms with Gasteiger partial charge >= 0.3 is 0 Å². The number of ether oxygens (including phenoxy) is 1. The zero-order chi connectivity index (χ0) is 15.4. The predicted octanol–water partition coefficient (Wildman–Crippen LogP) is -0.268. The van der Waals surface area contributed by atoms with Gasteiger partial charge in [-0.05, 0) is 0 Å². The van der Waals surface area contributed by atoms with E-state index in [-0.39, 0.29) is 5.91 Å². The fourth-order valence-corrected chi connectivity index (χ4v) is 2.34. The first-order valence-electron chi connectivity index (χ1n) is 7.09. The highest BCUT2D eigenvalue weighted by Crippen LogP contribution is 2.15. The number of hydrogen-bond acceptors (Lipinski definition) is 6. The number of carbonyl (C=O) groups excluding carboxylic acids is 1. The molecular formula is C14H18N6O2. The lowest BCUT2D eigenvalue weighted by Gasteiger charge is -2.33. The lowest BCUT2D eigenvalue weighted by molar-refractivity contribution is -0.133. The Morgan fingerprint density at radius 2 is 2.27 bits per heavy atom. The lowest BCUT2D eigenvalue weighted by atomic mass is 10.2. The van der Waals surface area contributed by atoms with Crippen molar-refractivity contribution in [3.63, 3.8) is 0 Å². The highest BCUT2D eigenvalue weighted by atomic mass is 16.5. The molecule has 1 saturated heterocycles. The number of carbonyl (C=O) groups is 1. The van der Waals surface area contributed by atoms with Gasteiger partial charge in [-0.3, -0.25) is 4.79 Å². The molecule has 116 valence electrons. The zero-order valence-electron chi connectivity index (χ0n) is 12.3. The summed E-state index contributed by atoms with van der Waals surface area (Å²) in [6.45, 7) is 2.09. The van der Waals surface area contributed by atoms with E-state index in [2.05, 4.69) is 25.2 Å². The number of morpholine rings is 1. The molecule has 1 amide bonds. The summed E-state index contributed by atoms with van der Waals surface area (Å²) in [7, 11) is 1.89. The Labute approximate surface area is 128 Å². The number of aryl methyl sites for hydroxylation is 1. The minimum Gasteiger partial charge on any atom is -0.365 e. The van der Waals surface area contributed by atoms with E-state index in [0.29, 0.717) is 19.7 Å². The first-order chi connectivity index (χ1) is 10.7. The van der Waals surface area contributed by atoms with E-state index in [1.807, 2.05) is 17.8 Å². The second-order valence-electron chi connectivity index (χ2n) is 5.07. The number of nitrogens with one attached hydrogen (secondary N) is 1. The monoisotopic (exact) mass is 302 g/mol. The molecule has 0 spiro atoms. The number of anilines is 1. The van der Waals surface area contributed by atoms with Crippen LogP contribution in [0.4, 0.5) is 5.69 Å². The number of amides is 1. The molecule has 1 aliphatic heterocycles. The summed E-state index contributed by atoms with van der Waals surface area (Å²) < 4.78 is 7.44. The zero-order valence-corrected chi connectivity index (χ0v) is 12.3. The fraction of sp³-hybridized carbons (Fsp3) is 0.429. The molecule has 3 heterocycles. The van der Waals surface area contributed by atoms with E-state index in [1.54, 1.807) is 18.6 Å². The van der Waals surface area contributed by atoms with Gasteiger partial charge in [-0.15, -0.1) is 0 Å². The van der Waals surface area contributed by atoms with Crippen LogP contribution in [0.2, 0.25) is 0 Å². The van der Waals surface area contributed by atoms with Gasteiger partial charge in [0, 0.05) is 26.0 Å². The van der Waals surface area contributed by atoms with Crippen LogP contribution in [0, 0.1) is 0 Å². The van der Waals surface area contributed by atoms with Gasteiger partial charge in [0.1, 0.15) is 12.2 Å². The molecule has 2 aromatic rings. The summed E-state index contributed by atoms with van der Waals surface area (Å²) in [4.78, 5) is 26.5. The Hall–Kier alpha value is -2.48. The fourth-order valence-electron chi connectivity index (χ4n) is 2.34. The largest absolute Gasteiger partial charge is 0.365 e. The van der Waals surface area contributed by atoms with Gasteiger partial charge in [-0.1, -0.05) is 0 Å². The maximum absolute atomic E-state index is 12.3. The summed E-state index contributed by atoms with van der Waals surface area (Å²) >= 11 is 0. The van der Waals surface area contributed by atoms with Gasteiger partial charge < -0.3 is 19.5 Å². The van der Waals surface area contributed by atoms with Gasteiger partial charge in [-0.2, -0.15) is 0 Å². The molecule has 0 saturated carbocycles. The summed E-state index contributed by atoms with van der Waals surface area (Å²) in [6, 6.07) is 0. The van der Waals surface area contributed by atoms with Crippen LogP contribution in [-0.4, -0.2) is 51.2 Å². The Morgan fingerprint density at radius 1 is 1.45 bits per heavy atom.